The average Bonchev–Trinajstić information content (AvgIpc) is 2.46. The van der Waals surface area contributed by atoms with Crippen molar-refractivity contribution in [2.75, 3.05) is 19.0 Å². The molecule has 0 amide bonds. The van der Waals surface area contributed by atoms with Gasteiger partial charge in [-0.1, -0.05) is 24.3 Å². The molecule has 0 bridgehead atoms. The van der Waals surface area contributed by atoms with Gasteiger partial charge in [0.15, 0.2) is 13.6 Å². The minimum Gasteiger partial charge on any atom is -0.378 e. The van der Waals surface area contributed by atoms with Crippen molar-refractivity contribution >= 4 is 31.0 Å². The smallest absolute Gasteiger partial charge is 0.187 e. The number of ketones is 1. The summed E-state index contributed by atoms with van der Waals surface area (Å²) in [6.07, 6.45) is 5.01. The van der Waals surface area contributed by atoms with E-state index in [4.69, 9.17) is 0 Å². The van der Waals surface area contributed by atoms with Gasteiger partial charge >= 0.3 is 0 Å². The largest absolute Gasteiger partial charge is 0.378 e. The molecule has 0 fully saturated rings. The Morgan fingerprint density at radius 2 is 1.85 bits per heavy atom. The van der Waals surface area contributed by atoms with Crippen molar-refractivity contribution in [2.24, 2.45) is 0 Å². The fraction of sp³-hybridized carbons (Fsp3) is 0.125. The number of carbonyl (C=O) groups excluding carboxylic acids is 1. The quantitative estimate of drug-likeness (QED) is 0.474. The van der Waals surface area contributed by atoms with E-state index in [0.29, 0.717) is 5.56 Å². The molecule has 0 saturated heterocycles. The van der Waals surface area contributed by atoms with Gasteiger partial charge in [0.2, 0.25) is 0 Å². The minimum atomic E-state index is -0.0332. The van der Waals surface area contributed by atoms with Crippen molar-refractivity contribution in [2.45, 2.75) is 0 Å². The molecular weight excluding hydrogens is 247 g/mol. The summed E-state index contributed by atoms with van der Waals surface area (Å²) in [5, 5.41) is 0. The molecule has 0 aliphatic carbocycles. The highest BCUT2D eigenvalue weighted by molar-refractivity contribution is 6.30. The van der Waals surface area contributed by atoms with Crippen LogP contribution >= 0.6 is 0 Å². The number of rotatable bonds is 4. The Balaban J connectivity index is 2.08. The van der Waals surface area contributed by atoms with Crippen molar-refractivity contribution in [1.82, 2.24) is 4.98 Å². The second-order valence-corrected chi connectivity index (χ2v) is 4.87. The number of nitrogens with zero attached hydrogens (tertiary/aromatic N) is 2. The van der Waals surface area contributed by atoms with E-state index in [1.54, 1.807) is 18.3 Å². The zero-order valence-electron chi connectivity index (χ0n) is 12.0. The molecule has 1 aromatic carbocycles. The SMILES string of the molecule is Bc1ccc(C(=O)/C=C/c2ccc(N(C)C)cc2)cn1. The zero-order chi connectivity index (χ0) is 14.5. The van der Waals surface area contributed by atoms with Crippen LogP contribution in [0.5, 0.6) is 0 Å². The summed E-state index contributed by atoms with van der Waals surface area (Å²) in [6.45, 7) is 0. The second kappa shape index (κ2) is 6.19. The predicted octanol–water partition coefficient (Wildman–Crippen LogP) is 1.30. The third-order valence-corrected chi connectivity index (χ3v) is 3.03. The van der Waals surface area contributed by atoms with Gasteiger partial charge in [-0.25, -0.2) is 0 Å². The first kappa shape index (κ1) is 14.1. The first-order chi connectivity index (χ1) is 9.56. The Morgan fingerprint density at radius 1 is 1.15 bits per heavy atom. The fourth-order valence-corrected chi connectivity index (χ4v) is 1.77. The summed E-state index contributed by atoms with van der Waals surface area (Å²) < 4.78 is 0. The third-order valence-electron chi connectivity index (χ3n) is 3.03. The second-order valence-electron chi connectivity index (χ2n) is 4.87. The first-order valence-electron chi connectivity index (χ1n) is 6.49. The van der Waals surface area contributed by atoms with Crippen molar-refractivity contribution in [3.63, 3.8) is 0 Å². The first-order valence-corrected chi connectivity index (χ1v) is 6.49. The highest BCUT2D eigenvalue weighted by Gasteiger charge is 2.01. The van der Waals surface area contributed by atoms with E-state index < -0.39 is 0 Å². The summed E-state index contributed by atoms with van der Waals surface area (Å²) in [7, 11) is 5.90. The maximum Gasteiger partial charge on any atom is 0.187 e. The summed E-state index contributed by atoms with van der Waals surface area (Å²) in [4.78, 5) is 18.1. The third kappa shape index (κ3) is 3.57. The molecule has 0 atom stereocenters. The summed E-state index contributed by atoms with van der Waals surface area (Å²) in [6, 6.07) is 11.7. The Labute approximate surface area is 120 Å². The van der Waals surface area contributed by atoms with Crippen LogP contribution in [0.4, 0.5) is 5.69 Å². The summed E-state index contributed by atoms with van der Waals surface area (Å²) in [5.41, 5.74) is 3.65. The molecule has 100 valence electrons. The molecule has 0 saturated carbocycles. The molecule has 0 N–H and O–H groups in total. The lowest BCUT2D eigenvalue weighted by molar-refractivity contribution is 0.104. The molecule has 2 rings (SSSR count). The topological polar surface area (TPSA) is 33.2 Å². The van der Waals surface area contributed by atoms with Crippen molar-refractivity contribution < 1.29 is 4.79 Å². The lowest BCUT2D eigenvalue weighted by Crippen LogP contribution is -2.08. The minimum absolute atomic E-state index is 0.0332. The van der Waals surface area contributed by atoms with Crippen LogP contribution in [0.15, 0.2) is 48.7 Å². The Morgan fingerprint density at radius 3 is 2.40 bits per heavy atom. The van der Waals surface area contributed by atoms with Crippen molar-refractivity contribution in [1.29, 1.82) is 0 Å². The Kier molecular flexibility index (Phi) is 4.36. The van der Waals surface area contributed by atoms with Crippen LogP contribution in [-0.4, -0.2) is 32.7 Å². The van der Waals surface area contributed by atoms with Crippen LogP contribution in [0.3, 0.4) is 0 Å². The Bertz CT molecular complexity index is 616. The normalized spacial score (nSPS) is 10.7. The average molecular weight is 264 g/mol. The van der Waals surface area contributed by atoms with Gasteiger partial charge in [0.1, 0.15) is 0 Å². The van der Waals surface area contributed by atoms with Gasteiger partial charge in [-0.15, -0.1) is 0 Å². The molecule has 20 heavy (non-hydrogen) atoms. The van der Waals surface area contributed by atoms with Crippen molar-refractivity contribution in [3.05, 3.63) is 59.8 Å². The molecule has 0 unspecified atom stereocenters. The maximum absolute atomic E-state index is 12.0. The van der Waals surface area contributed by atoms with E-state index in [-0.39, 0.29) is 5.78 Å². The molecule has 3 nitrogen and oxygen atoms in total. The van der Waals surface area contributed by atoms with Crippen LogP contribution in [0, 0.1) is 0 Å². The zero-order valence-corrected chi connectivity index (χ0v) is 12.0. The fourth-order valence-electron chi connectivity index (χ4n) is 1.77. The lowest BCUT2D eigenvalue weighted by atomic mass is 10.0. The number of hydrogen-bond donors (Lipinski definition) is 0. The van der Waals surface area contributed by atoms with Crippen molar-refractivity contribution in [3.8, 4) is 0 Å². The van der Waals surface area contributed by atoms with Gasteiger partial charge in [0.25, 0.3) is 0 Å². The van der Waals surface area contributed by atoms with E-state index in [1.807, 2.05) is 63.2 Å². The highest BCUT2D eigenvalue weighted by atomic mass is 16.1. The monoisotopic (exact) mass is 264 g/mol. The van der Waals surface area contributed by atoms with Crippen LogP contribution in [0.1, 0.15) is 15.9 Å². The number of benzene rings is 1. The Hall–Kier alpha value is -2.36. The van der Waals surface area contributed by atoms with E-state index in [9.17, 15) is 4.79 Å². The van der Waals surface area contributed by atoms with E-state index >= 15 is 0 Å². The molecule has 0 spiro atoms. The number of aromatic nitrogens is 1. The molecule has 1 aromatic heterocycles. The molecule has 4 heteroatoms. The van der Waals surface area contributed by atoms with Crippen LogP contribution < -0.4 is 10.5 Å². The van der Waals surface area contributed by atoms with Gasteiger partial charge in [0.05, 0.1) is 0 Å². The molecule has 0 aliphatic rings. The van der Waals surface area contributed by atoms with Gasteiger partial charge in [-0.3, -0.25) is 9.78 Å². The van der Waals surface area contributed by atoms with E-state index in [2.05, 4.69) is 4.98 Å². The summed E-state index contributed by atoms with van der Waals surface area (Å²) in [5.74, 6) is -0.0332. The predicted molar refractivity (Wildman–Crippen MR) is 86.5 cm³/mol. The van der Waals surface area contributed by atoms with Gasteiger partial charge in [-0.2, -0.15) is 0 Å². The molecule has 1 heterocycles. The molecular formula is C16H17BN2O. The van der Waals surface area contributed by atoms with E-state index in [1.165, 1.54) is 0 Å². The molecule has 0 radical (unpaired) electrons. The molecule has 0 aliphatic heterocycles. The number of pyridine rings is 1. The summed E-state index contributed by atoms with van der Waals surface area (Å²) >= 11 is 0. The van der Waals surface area contributed by atoms with Gasteiger partial charge < -0.3 is 4.90 Å². The molecule has 2 aromatic rings. The van der Waals surface area contributed by atoms with Crippen LogP contribution in [-0.2, 0) is 0 Å². The highest BCUT2D eigenvalue weighted by Crippen LogP contribution is 2.13. The maximum atomic E-state index is 12.0. The number of anilines is 1. The lowest BCUT2D eigenvalue weighted by Gasteiger charge is -2.11. The van der Waals surface area contributed by atoms with Gasteiger partial charge in [-0.05, 0) is 35.4 Å². The standard InChI is InChI=1S/C16H17BN2O/c1-19(2)14-7-3-12(4-8-14)5-9-15(20)13-6-10-16(17)18-11-13/h3-11H,17H2,1-2H3/b9-5+. The number of carbonyl (C=O) groups is 1. The van der Waals surface area contributed by atoms with Gasteiger partial charge in [0, 0.05) is 31.5 Å². The van der Waals surface area contributed by atoms with Crippen LogP contribution in [0.25, 0.3) is 6.08 Å². The van der Waals surface area contributed by atoms with Crippen LogP contribution in [0.2, 0.25) is 0 Å². The number of allylic oxidation sites excluding steroid dienone is 1. The van der Waals surface area contributed by atoms with E-state index in [0.717, 1.165) is 16.8 Å². The number of hydrogen-bond acceptors (Lipinski definition) is 3.